The first-order valence-electron chi connectivity index (χ1n) is 36.6. The third kappa shape index (κ3) is 34.0. The number of hydrogen-bond donors (Lipinski definition) is 7. The fourth-order valence-corrected chi connectivity index (χ4v) is 11.9. The summed E-state index contributed by atoms with van der Waals surface area (Å²) in [6.07, 6.45) is 0.907. The van der Waals surface area contributed by atoms with Crippen molar-refractivity contribution in [2.24, 2.45) is 17.8 Å². The fraction of sp³-hybridized carbons (Fsp3) is 0.438. The summed E-state index contributed by atoms with van der Waals surface area (Å²) in [7, 11) is 0. The minimum absolute atomic E-state index is 0.0646. The van der Waals surface area contributed by atoms with E-state index in [0.717, 1.165) is 33.4 Å². The lowest BCUT2D eigenvalue weighted by Crippen LogP contribution is -2.51. The lowest BCUT2D eigenvalue weighted by molar-refractivity contribution is -0.142. The molecule has 25 heteroatoms. The molecule has 0 spiro atoms. The lowest BCUT2D eigenvalue weighted by Gasteiger charge is -2.35. The molecule has 105 heavy (non-hydrogen) atoms. The second kappa shape index (κ2) is 49.1. The first-order valence-corrected chi connectivity index (χ1v) is 36.6. The van der Waals surface area contributed by atoms with Gasteiger partial charge in [0, 0.05) is 109 Å². The summed E-state index contributed by atoms with van der Waals surface area (Å²) >= 11 is 0. The van der Waals surface area contributed by atoms with Crippen LogP contribution in [-0.2, 0) is 82.4 Å². The molecule has 0 aromatic heterocycles. The SMILES string of the molecule is O=C(NCCCC(CCCNC(=O)OCc1ccccc1)C(=O)N1CCNCCN(C(=O)C(CCCNC(=O)OCc2ccccc2)CCCNC(=O)OCc2ccccc2)CCN(C(=O)C(CCCNC(=O)OCc2ccccc2)CCCNC(=O)OCc2ccccc2)CC1)OCc1ccccc1. The summed E-state index contributed by atoms with van der Waals surface area (Å²) < 4.78 is 32.9. The van der Waals surface area contributed by atoms with Gasteiger partial charge in [-0.3, -0.25) is 14.4 Å². The molecule has 25 nitrogen and oxygen atoms in total. The number of nitrogens with zero attached hydrogens (tertiary/aromatic N) is 3. The lowest BCUT2D eigenvalue weighted by atomic mass is 9.94. The van der Waals surface area contributed by atoms with Gasteiger partial charge in [-0.05, 0) is 110 Å². The number of benzene rings is 6. The highest BCUT2D eigenvalue weighted by Gasteiger charge is 2.31. The van der Waals surface area contributed by atoms with E-state index in [4.69, 9.17) is 28.4 Å². The Bertz CT molecular complexity index is 3150. The Morgan fingerprint density at radius 2 is 0.438 bits per heavy atom. The van der Waals surface area contributed by atoms with Crippen molar-refractivity contribution < 1.29 is 71.6 Å². The molecule has 1 heterocycles. The van der Waals surface area contributed by atoms with E-state index >= 15 is 14.4 Å². The van der Waals surface area contributed by atoms with Gasteiger partial charge in [0.05, 0.1) is 0 Å². The summed E-state index contributed by atoms with van der Waals surface area (Å²) in [4.78, 5) is 129. The third-order valence-corrected chi connectivity index (χ3v) is 17.6. The van der Waals surface area contributed by atoms with Crippen LogP contribution in [0.5, 0.6) is 0 Å². The molecule has 1 fully saturated rings. The van der Waals surface area contributed by atoms with E-state index in [9.17, 15) is 28.8 Å². The Morgan fingerprint density at radius 1 is 0.267 bits per heavy atom. The second-order valence-corrected chi connectivity index (χ2v) is 25.6. The highest BCUT2D eigenvalue weighted by Crippen LogP contribution is 2.23. The molecule has 0 unspecified atom stereocenters. The molecule has 1 saturated heterocycles. The van der Waals surface area contributed by atoms with E-state index in [1.807, 2.05) is 182 Å². The molecule has 7 N–H and O–H groups in total. The van der Waals surface area contributed by atoms with Crippen molar-refractivity contribution in [2.75, 3.05) is 91.6 Å². The fourth-order valence-electron chi connectivity index (χ4n) is 11.9. The van der Waals surface area contributed by atoms with Gasteiger partial charge < -0.3 is 80.3 Å². The van der Waals surface area contributed by atoms with Crippen molar-refractivity contribution in [1.29, 1.82) is 0 Å². The van der Waals surface area contributed by atoms with Crippen LogP contribution in [0.15, 0.2) is 182 Å². The van der Waals surface area contributed by atoms with Crippen LogP contribution in [0.2, 0.25) is 0 Å². The normalized spacial score (nSPS) is 12.5. The predicted molar refractivity (Wildman–Crippen MR) is 396 cm³/mol. The predicted octanol–water partition coefficient (Wildman–Crippen LogP) is 11.2. The van der Waals surface area contributed by atoms with Gasteiger partial charge in [-0.25, -0.2) is 28.8 Å². The van der Waals surface area contributed by atoms with Crippen molar-refractivity contribution in [3.8, 4) is 0 Å². The summed E-state index contributed by atoms with van der Waals surface area (Å²) in [6, 6.07) is 55.8. The monoisotopic (exact) mass is 1440 g/mol. The zero-order valence-corrected chi connectivity index (χ0v) is 60.1. The molecule has 9 amide bonds. The second-order valence-electron chi connectivity index (χ2n) is 25.6. The van der Waals surface area contributed by atoms with Crippen molar-refractivity contribution in [3.63, 3.8) is 0 Å². The van der Waals surface area contributed by atoms with E-state index < -0.39 is 54.3 Å². The van der Waals surface area contributed by atoms with Crippen LogP contribution in [0, 0.1) is 17.8 Å². The molecule has 0 saturated carbocycles. The molecule has 1 aliphatic rings. The largest absolute Gasteiger partial charge is 0.445 e. The van der Waals surface area contributed by atoms with Crippen molar-refractivity contribution >= 4 is 54.3 Å². The number of ether oxygens (including phenoxy) is 6. The van der Waals surface area contributed by atoms with Gasteiger partial charge in [-0.1, -0.05) is 182 Å². The van der Waals surface area contributed by atoms with Crippen LogP contribution in [-0.4, -0.2) is 161 Å². The van der Waals surface area contributed by atoms with Gasteiger partial charge in [0.15, 0.2) is 0 Å². The molecule has 6 aromatic rings. The average molecular weight is 1450 g/mol. The zero-order chi connectivity index (χ0) is 74.2. The van der Waals surface area contributed by atoms with Gasteiger partial charge in [-0.15, -0.1) is 0 Å². The Hall–Kier alpha value is -10.7. The van der Waals surface area contributed by atoms with Crippen LogP contribution >= 0.6 is 0 Å². The first kappa shape index (κ1) is 81.6. The van der Waals surface area contributed by atoms with Crippen LogP contribution in [0.4, 0.5) is 28.8 Å². The van der Waals surface area contributed by atoms with E-state index in [2.05, 4.69) is 37.2 Å². The Kier molecular flexibility index (Phi) is 38.1. The molecule has 564 valence electrons. The van der Waals surface area contributed by atoms with Gasteiger partial charge >= 0.3 is 36.6 Å². The number of alkyl carbamates (subject to hydrolysis) is 6. The van der Waals surface area contributed by atoms with Crippen LogP contribution < -0.4 is 37.2 Å². The van der Waals surface area contributed by atoms with E-state index in [0.29, 0.717) is 90.1 Å². The highest BCUT2D eigenvalue weighted by molar-refractivity contribution is 5.81. The maximum atomic E-state index is 15.6. The molecule has 6 aromatic carbocycles. The number of carbonyl (C=O) groups is 9. The highest BCUT2D eigenvalue weighted by atomic mass is 16.6. The Balaban J connectivity index is 1.09. The number of amides is 9. The summed E-state index contributed by atoms with van der Waals surface area (Å²) in [5, 5.41) is 20.4. The minimum Gasteiger partial charge on any atom is -0.445 e. The zero-order valence-electron chi connectivity index (χ0n) is 60.1. The van der Waals surface area contributed by atoms with Gasteiger partial charge in [0.1, 0.15) is 39.6 Å². The number of rotatable bonds is 39. The third-order valence-electron chi connectivity index (χ3n) is 17.6. The van der Waals surface area contributed by atoms with Crippen LogP contribution in [0.1, 0.15) is 110 Å². The van der Waals surface area contributed by atoms with E-state index in [1.165, 1.54) is 0 Å². The van der Waals surface area contributed by atoms with Crippen LogP contribution in [0.3, 0.4) is 0 Å². The minimum atomic E-state index is -0.657. The first-order chi connectivity index (χ1) is 51.3. The van der Waals surface area contributed by atoms with Crippen molar-refractivity contribution in [1.82, 2.24) is 51.9 Å². The number of nitrogens with one attached hydrogen (secondary N) is 7. The van der Waals surface area contributed by atoms with E-state index in [-0.39, 0.29) is 136 Å². The molecule has 0 bridgehead atoms. The average Bonchev–Trinajstić information content (AvgIpc) is 0.865. The van der Waals surface area contributed by atoms with Gasteiger partial charge in [0.25, 0.3) is 0 Å². The molecular weight excluding hydrogens is 1340 g/mol. The summed E-state index contributed by atoms with van der Waals surface area (Å²) in [5.74, 6) is -2.41. The molecule has 1 aliphatic heterocycles. The van der Waals surface area contributed by atoms with Crippen molar-refractivity contribution in [2.45, 2.75) is 117 Å². The molecule has 0 radical (unpaired) electrons. The van der Waals surface area contributed by atoms with Crippen molar-refractivity contribution in [3.05, 3.63) is 215 Å². The quantitative estimate of drug-likeness (QED) is 0.0139. The number of hydrogen-bond acceptors (Lipinski definition) is 16. The summed E-state index contributed by atoms with van der Waals surface area (Å²) in [6.45, 7) is 3.17. The molecule has 0 aliphatic carbocycles. The maximum Gasteiger partial charge on any atom is 0.407 e. The summed E-state index contributed by atoms with van der Waals surface area (Å²) in [5.41, 5.74) is 4.97. The number of carbonyl (C=O) groups excluding carboxylic acids is 9. The molecular formula is C80H104N10O15. The topological polar surface area (TPSA) is 303 Å². The van der Waals surface area contributed by atoms with Gasteiger partial charge in [0.2, 0.25) is 17.7 Å². The molecule has 0 atom stereocenters. The smallest absolute Gasteiger partial charge is 0.407 e. The van der Waals surface area contributed by atoms with Gasteiger partial charge in [-0.2, -0.15) is 0 Å². The molecule has 7 rings (SSSR count). The van der Waals surface area contributed by atoms with E-state index in [1.54, 1.807) is 14.7 Å². The van der Waals surface area contributed by atoms with Crippen LogP contribution in [0.25, 0.3) is 0 Å². The standard InChI is InChI=1S/C80H104N10O15/c91-72(69(37-19-43-82-75(94)100-57-63-25-7-1-8-26-63)38-20-44-83-76(95)101-58-64-27-9-2-10-28-64)88-51-49-81-50-52-89(73(92)70(39-21-45-84-77(96)102-59-65-29-11-3-12-30-65)40-22-46-85-78(97)103-60-66-31-13-4-14-32-66)54-56-90(55-53-88)74(93)71(41-23-47-86-79(98)104-61-67-33-15-5-16-34-67)42-24-48-87-80(99)105-62-68-35-17-6-18-36-68/h1-18,25-36,69-71,81H,19-24,37-62H2,(H,82,94)(H,83,95)(H,84,96)(H,85,97)(H,86,98)(H,87,99). The maximum absolute atomic E-state index is 15.6. The Morgan fingerprint density at radius 3 is 0.619 bits per heavy atom. The Labute approximate surface area is 616 Å².